The van der Waals surface area contributed by atoms with Crippen LogP contribution < -0.4 is 15.4 Å². The molecule has 3 aromatic rings. The highest BCUT2D eigenvalue weighted by Gasteiger charge is 2.32. The number of nitrogens with one attached hydrogen (secondary N) is 3. The van der Waals surface area contributed by atoms with Crippen LogP contribution in [-0.4, -0.2) is 28.3 Å². The smallest absolute Gasteiger partial charge is 0.477 e. The standard InChI is InChI=1S/C18H13F4N3O4/c1-8(26)23-10-4-13(11-7-15(17(27)28)25-14(11)5-10)24-9-2-3-12(19)16(6-9)29-18(20,21)22/h2-7,24-25H,1H3,(H,23,26)(H,27,28). The first-order chi connectivity index (χ1) is 13.5. The number of anilines is 3. The summed E-state index contributed by atoms with van der Waals surface area (Å²) in [7, 11) is 0. The fourth-order valence-electron chi connectivity index (χ4n) is 2.67. The number of benzene rings is 2. The van der Waals surface area contributed by atoms with Gasteiger partial charge in [-0.3, -0.25) is 4.79 Å². The van der Waals surface area contributed by atoms with Gasteiger partial charge in [-0.2, -0.15) is 0 Å². The van der Waals surface area contributed by atoms with Crippen LogP contribution in [-0.2, 0) is 4.79 Å². The molecule has 1 aromatic heterocycles. The van der Waals surface area contributed by atoms with Gasteiger partial charge < -0.3 is 25.5 Å². The molecule has 152 valence electrons. The van der Waals surface area contributed by atoms with E-state index in [0.29, 0.717) is 16.6 Å². The Morgan fingerprint density at radius 1 is 1.10 bits per heavy atom. The molecule has 0 bridgehead atoms. The summed E-state index contributed by atoms with van der Waals surface area (Å²) in [6, 6.07) is 7.05. The van der Waals surface area contributed by atoms with E-state index < -0.39 is 23.9 Å². The van der Waals surface area contributed by atoms with Crippen LogP contribution in [0.5, 0.6) is 5.75 Å². The van der Waals surface area contributed by atoms with Crippen LogP contribution in [0.15, 0.2) is 36.4 Å². The Kier molecular flexibility index (Phi) is 5.06. The zero-order valence-corrected chi connectivity index (χ0v) is 14.6. The van der Waals surface area contributed by atoms with Crippen molar-refractivity contribution in [2.24, 2.45) is 0 Å². The number of carbonyl (C=O) groups excluding carboxylic acids is 1. The molecule has 7 nitrogen and oxygen atoms in total. The van der Waals surface area contributed by atoms with Crippen molar-refractivity contribution in [1.29, 1.82) is 0 Å². The third-order valence-corrected chi connectivity index (χ3v) is 3.72. The Labute approximate surface area is 160 Å². The molecule has 0 spiro atoms. The minimum Gasteiger partial charge on any atom is -0.477 e. The topological polar surface area (TPSA) is 103 Å². The summed E-state index contributed by atoms with van der Waals surface area (Å²) in [5.74, 6) is -3.85. The second kappa shape index (κ2) is 7.34. The minimum absolute atomic E-state index is 0.0463. The van der Waals surface area contributed by atoms with Crippen LogP contribution in [0.2, 0.25) is 0 Å². The van der Waals surface area contributed by atoms with E-state index in [1.165, 1.54) is 31.2 Å². The molecule has 0 aliphatic carbocycles. The van der Waals surface area contributed by atoms with Crippen molar-refractivity contribution in [3.63, 3.8) is 0 Å². The molecule has 0 saturated carbocycles. The summed E-state index contributed by atoms with van der Waals surface area (Å²) < 4.78 is 54.6. The molecule has 0 unspecified atom stereocenters. The van der Waals surface area contributed by atoms with Crippen LogP contribution in [0, 0.1) is 5.82 Å². The van der Waals surface area contributed by atoms with Crippen molar-refractivity contribution in [3.8, 4) is 5.75 Å². The van der Waals surface area contributed by atoms with E-state index in [1.54, 1.807) is 0 Å². The molecule has 0 atom stereocenters. The van der Waals surface area contributed by atoms with Crippen molar-refractivity contribution in [2.45, 2.75) is 13.3 Å². The molecule has 29 heavy (non-hydrogen) atoms. The quantitative estimate of drug-likeness (QED) is 0.459. The fourth-order valence-corrected chi connectivity index (χ4v) is 2.67. The van der Waals surface area contributed by atoms with E-state index in [4.69, 9.17) is 0 Å². The third-order valence-electron chi connectivity index (χ3n) is 3.72. The van der Waals surface area contributed by atoms with Gasteiger partial charge in [-0.1, -0.05) is 0 Å². The van der Waals surface area contributed by atoms with Crippen molar-refractivity contribution < 1.29 is 37.0 Å². The largest absolute Gasteiger partial charge is 0.573 e. The van der Waals surface area contributed by atoms with Crippen molar-refractivity contribution >= 4 is 39.8 Å². The number of hydrogen-bond donors (Lipinski definition) is 4. The molecule has 3 rings (SSSR count). The Bertz CT molecular complexity index is 1110. The van der Waals surface area contributed by atoms with Crippen LogP contribution in [0.3, 0.4) is 0 Å². The van der Waals surface area contributed by atoms with E-state index in [0.717, 1.165) is 12.1 Å². The molecule has 2 aromatic carbocycles. The zero-order chi connectivity index (χ0) is 21.3. The number of aromatic amines is 1. The summed E-state index contributed by atoms with van der Waals surface area (Å²) >= 11 is 0. The second-order valence-corrected chi connectivity index (χ2v) is 5.97. The molecule has 0 radical (unpaired) electrons. The van der Waals surface area contributed by atoms with Crippen LogP contribution >= 0.6 is 0 Å². The van der Waals surface area contributed by atoms with Gasteiger partial charge in [0.2, 0.25) is 5.91 Å². The number of aromatic carboxylic acids is 1. The number of alkyl halides is 3. The Balaban J connectivity index is 2.05. The maximum atomic E-state index is 13.6. The monoisotopic (exact) mass is 411 g/mol. The maximum Gasteiger partial charge on any atom is 0.573 e. The first-order valence-electron chi connectivity index (χ1n) is 8.02. The van der Waals surface area contributed by atoms with E-state index >= 15 is 0 Å². The summed E-state index contributed by atoms with van der Waals surface area (Å²) in [4.78, 5) is 25.2. The third kappa shape index (κ3) is 4.75. The van der Waals surface area contributed by atoms with Crippen LogP contribution in [0.1, 0.15) is 17.4 Å². The lowest BCUT2D eigenvalue weighted by Crippen LogP contribution is -2.18. The van der Waals surface area contributed by atoms with Gasteiger partial charge in [0.1, 0.15) is 5.69 Å². The zero-order valence-electron chi connectivity index (χ0n) is 14.6. The number of hydrogen-bond acceptors (Lipinski definition) is 4. The van der Waals surface area contributed by atoms with Gasteiger partial charge in [-0.15, -0.1) is 13.2 Å². The molecular formula is C18H13F4N3O4. The SMILES string of the molecule is CC(=O)Nc1cc(Nc2ccc(F)c(OC(F)(F)F)c2)c2cc(C(=O)O)[nH]c2c1. The molecule has 0 saturated heterocycles. The average molecular weight is 411 g/mol. The van der Waals surface area contributed by atoms with E-state index in [-0.39, 0.29) is 23.0 Å². The molecule has 0 aliphatic rings. The highest BCUT2D eigenvalue weighted by molar-refractivity contribution is 6.03. The molecule has 0 fully saturated rings. The van der Waals surface area contributed by atoms with Gasteiger partial charge in [0.15, 0.2) is 11.6 Å². The highest BCUT2D eigenvalue weighted by atomic mass is 19.4. The number of halogens is 4. The van der Waals surface area contributed by atoms with Gasteiger partial charge in [-0.25, -0.2) is 9.18 Å². The van der Waals surface area contributed by atoms with E-state index in [2.05, 4.69) is 20.4 Å². The number of aromatic nitrogens is 1. The van der Waals surface area contributed by atoms with Crippen LogP contribution in [0.25, 0.3) is 10.9 Å². The molecule has 0 aliphatic heterocycles. The number of ether oxygens (including phenoxy) is 1. The number of rotatable bonds is 5. The normalized spacial score (nSPS) is 11.3. The summed E-state index contributed by atoms with van der Waals surface area (Å²) in [5.41, 5.74) is 0.831. The molecule has 1 heterocycles. The lowest BCUT2D eigenvalue weighted by atomic mass is 10.1. The lowest BCUT2D eigenvalue weighted by Gasteiger charge is -2.14. The molecule has 1 amide bonds. The van der Waals surface area contributed by atoms with Gasteiger partial charge in [0.25, 0.3) is 0 Å². The van der Waals surface area contributed by atoms with Crippen LogP contribution in [0.4, 0.5) is 34.6 Å². The molecule has 4 N–H and O–H groups in total. The molecule has 11 heteroatoms. The Morgan fingerprint density at radius 2 is 1.83 bits per heavy atom. The lowest BCUT2D eigenvalue weighted by molar-refractivity contribution is -0.275. The van der Waals surface area contributed by atoms with Crippen molar-refractivity contribution in [2.75, 3.05) is 10.6 Å². The van der Waals surface area contributed by atoms with Crippen molar-refractivity contribution in [1.82, 2.24) is 4.98 Å². The summed E-state index contributed by atoms with van der Waals surface area (Å²) in [6.45, 7) is 1.27. The number of amides is 1. The van der Waals surface area contributed by atoms with Crippen molar-refractivity contribution in [3.05, 3.63) is 47.9 Å². The number of fused-ring (bicyclic) bond motifs is 1. The number of H-pyrrole nitrogens is 1. The van der Waals surface area contributed by atoms with Gasteiger partial charge in [-0.05, 0) is 30.3 Å². The number of carboxylic acid groups (broad SMARTS) is 1. The first-order valence-corrected chi connectivity index (χ1v) is 8.02. The summed E-state index contributed by atoms with van der Waals surface area (Å²) in [6.07, 6.45) is -5.07. The molecular weight excluding hydrogens is 398 g/mol. The average Bonchev–Trinajstić information content (AvgIpc) is 3.00. The Hall–Kier alpha value is -3.76. The maximum absolute atomic E-state index is 13.6. The predicted molar refractivity (Wildman–Crippen MR) is 95.9 cm³/mol. The fraction of sp³-hybridized carbons (Fsp3) is 0.111. The number of carbonyl (C=O) groups is 2. The van der Waals surface area contributed by atoms with Gasteiger partial charge >= 0.3 is 12.3 Å². The first kappa shape index (κ1) is 20.0. The van der Waals surface area contributed by atoms with E-state index in [9.17, 15) is 32.3 Å². The minimum atomic E-state index is -5.07. The summed E-state index contributed by atoms with van der Waals surface area (Å²) in [5, 5.41) is 14.9. The Morgan fingerprint density at radius 3 is 2.45 bits per heavy atom. The number of carboxylic acids is 1. The second-order valence-electron chi connectivity index (χ2n) is 5.97. The highest BCUT2D eigenvalue weighted by Crippen LogP contribution is 2.34. The van der Waals surface area contributed by atoms with Gasteiger partial charge in [0.05, 0.1) is 11.2 Å². The van der Waals surface area contributed by atoms with Gasteiger partial charge in [0, 0.05) is 29.8 Å². The predicted octanol–water partition coefficient (Wildman–Crippen LogP) is 4.61. The van der Waals surface area contributed by atoms with E-state index in [1.807, 2.05) is 0 Å².